The molecule has 1 unspecified atom stereocenters. The largest absolute Gasteiger partial charge is 0.466 e. The molecular formula is C25H30N2O4. The molecule has 0 saturated carbocycles. The Morgan fingerprint density at radius 2 is 1.87 bits per heavy atom. The number of oxime groups is 1. The van der Waals surface area contributed by atoms with Gasteiger partial charge in [-0.3, -0.25) is 9.59 Å². The first kappa shape index (κ1) is 22.5. The van der Waals surface area contributed by atoms with Gasteiger partial charge in [-0.05, 0) is 80.0 Å². The number of carbonyl (C=O) groups is 2. The molecule has 164 valence electrons. The zero-order chi connectivity index (χ0) is 22.2. The molecule has 2 aromatic rings. The van der Waals surface area contributed by atoms with Crippen LogP contribution in [0.2, 0.25) is 0 Å². The molecule has 0 aliphatic heterocycles. The van der Waals surface area contributed by atoms with Gasteiger partial charge in [0.2, 0.25) is 0 Å². The van der Waals surface area contributed by atoms with Crippen molar-refractivity contribution in [3.8, 4) is 0 Å². The standard InChI is InChI=1S/C25H30N2O4/c1-4-30-24(28)15-19-6-9-20-10-11-21(16-22(20)14-19)25(29)27(3)23-12-7-18(8-13-23)17-26-31-5-2/h7-8,10-13,16-17,19H,4-6,9,14-15H2,1-3H3. The summed E-state index contributed by atoms with van der Waals surface area (Å²) in [5.74, 6) is 0.0595. The van der Waals surface area contributed by atoms with Gasteiger partial charge >= 0.3 is 5.97 Å². The lowest BCUT2D eigenvalue weighted by Crippen LogP contribution is -2.27. The van der Waals surface area contributed by atoms with E-state index in [4.69, 9.17) is 9.57 Å². The number of ether oxygens (including phenoxy) is 1. The summed E-state index contributed by atoms with van der Waals surface area (Å²) in [6, 6.07) is 13.5. The monoisotopic (exact) mass is 422 g/mol. The molecule has 0 bridgehead atoms. The fraction of sp³-hybridized carbons (Fsp3) is 0.400. The predicted octanol–water partition coefficient (Wildman–Crippen LogP) is 4.39. The highest BCUT2D eigenvalue weighted by Crippen LogP contribution is 2.29. The smallest absolute Gasteiger partial charge is 0.306 e. The van der Waals surface area contributed by atoms with Gasteiger partial charge < -0.3 is 14.5 Å². The Balaban J connectivity index is 1.69. The Hall–Kier alpha value is -3.15. The zero-order valence-electron chi connectivity index (χ0n) is 18.5. The van der Waals surface area contributed by atoms with Crippen LogP contribution in [0.25, 0.3) is 0 Å². The Morgan fingerprint density at radius 3 is 2.58 bits per heavy atom. The van der Waals surface area contributed by atoms with E-state index in [2.05, 4.69) is 5.16 Å². The van der Waals surface area contributed by atoms with E-state index in [0.29, 0.717) is 25.2 Å². The summed E-state index contributed by atoms with van der Waals surface area (Å²) in [5.41, 5.74) is 4.77. The average Bonchev–Trinajstić information content (AvgIpc) is 2.78. The van der Waals surface area contributed by atoms with E-state index in [-0.39, 0.29) is 17.8 Å². The molecule has 1 aliphatic carbocycles. The number of nitrogens with zero attached hydrogens (tertiary/aromatic N) is 2. The minimum atomic E-state index is -0.141. The third kappa shape index (κ3) is 5.94. The quantitative estimate of drug-likeness (QED) is 0.359. The maximum Gasteiger partial charge on any atom is 0.306 e. The molecule has 31 heavy (non-hydrogen) atoms. The summed E-state index contributed by atoms with van der Waals surface area (Å²) in [6.07, 6.45) is 4.77. The van der Waals surface area contributed by atoms with Crippen LogP contribution in [0.3, 0.4) is 0 Å². The molecule has 6 heteroatoms. The maximum atomic E-state index is 13.1. The van der Waals surface area contributed by atoms with Crippen LogP contribution in [0.4, 0.5) is 5.69 Å². The first-order valence-corrected chi connectivity index (χ1v) is 10.8. The molecule has 0 spiro atoms. The Morgan fingerprint density at radius 1 is 1.10 bits per heavy atom. The molecule has 0 saturated heterocycles. The molecule has 2 aromatic carbocycles. The molecular weight excluding hydrogens is 392 g/mol. The van der Waals surface area contributed by atoms with Crippen molar-refractivity contribution >= 4 is 23.8 Å². The summed E-state index contributed by atoms with van der Waals surface area (Å²) in [7, 11) is 1.77. The number of aryl methyl sites for hydroxylation is 1. The van der Waals surface area contributed by atoms with Gasteiger partial charge in [0, 0.05) is 24.7 Å². The first-order chi connectivity index (χ1) is 15.0. The zero-order valence-corrected chi connectivity index (χ0v) is 18.5. The number of amides is 1. The minimum Gasteiger partial charge on any atom is -0.466 e. The van der Waals surface area contributed by atoms with Crippen LogP contribution < -0.4 is 4.90 Å². The normalized spacial score (nSPS) is 15.4. The highest BCUT2D eigenvalue weighted by molar-refractivity contribution is 6.06. The third-order valence-corrected chi connectivity index (χ3v) is 5.53. The van der Waals surface area contributed by atoms with Crippen molar-refractivity contribution in [2.24, 2.45) is 11.1 Å². The van der Waals surface area contributed by atoms with Crippen molar-refractivity contribution in [1.29, 1.82) is 0 Å². The minimum absolute atomic E-state index is 0.0638. The number of hydrogen-bond donors (Lipinski definition) is 0. The van der Waals surface area contributed by atoms with Crippen LogP contribution in [-0.2, 0) is 27.2 Å². The SMILES string of the molecule is CCON=Cc1ccc(N(C)C(=O)c2ccc3c(c2)CC(CC(=O)OCC)CC3)cc1. The van der Waals surface area contributed by atoms with E-state index < -0.39 is 0 Å². The van der Waals surface area contributed by atoms with Crippen LogP contribution in [0.1, 0.15) is 53.7 Å². The van der Waals surface area contributed by atoms with Gasteiger partial charge in [-0.15, -0.1) is 0 Å². The summed E-state index contributed by atoms with van der Waals surface area (Å²) in [6.45, 7) is 4.64. The van der Waals surface area contributed by atoms with Crippen LogP contribution >= 0.6 is 0 Å². The molecule has 3 rings (SSSR count). The van der Waals surface area contributed by atoms with Gasteiger partial charge in [0.25, 0.3) is 5.91 Å². The van der Waals surface area contributed by atoms with Gasteiger partial charge in [-0.2, -0.15) is 0 Å². The van der Waals surface area contributed by atoms with Crippen molar-refractivity contribution < 1.29 is 19.2 Å². The van der Waals surface area contributed by atoms with E-state index in [0.717, 1.165) is 36.1 Å². The lowest BCUT2D eigenvalue weighted by atomic mass is 9.81. The molecule has 1 amide bonds. The number of benzene rings is 2. The molecule has 1 aliphatic rings. The highest BCUT2D eigenvalue weighted by atomic mass is 16.6. The van der Waals surface area contributed by atoms with Crippen LogP contribution in [0.15, 0.2) is 47.6 Å². The van der Waals surface area contributed by atoms with Crippen molar-refractivity contribution in [1.82, 2.24) is 0 Å². The molecule has 0 heterocycles. The first-order valence-electron chi connectivity index (χ1n) is 10.8. The lowest BCUT2D eigenvalue weighted by molar-refractivity contribution is -0.144. The van der Waals surface area contributed by atoms with Crippen molar-refractivity contribution in [2.45, 2.75) is 39.5 Å². The van der Waals surface area contributed by atoms with E-state index in [9.17, 15) is 9.59 Å². The Kier molecular flexibility index (Phi) is 7.82. The molecule has 6 nitrogen and oxygen atoms in total. The molecule has 0 fully saturated rings. The topological polar surface area (TPSA) is 68.2 Å². The van der Waals surface area contributed by atoms with Crippen LogP contribution in [-0.4, -0.2) is 38.4 Å². The second-order valence-electron chi connectivity index (χ2n) is 7.71. The van der Waals surface area contributed by atoms with E-state index in [1.54, 1.807) is 18.2 Å². The van der Waals surface area contributed by atoms with Crippen molar-refractivity contribution in [3.63, 3.8) is 0 Å². The van der Waals surface area contributed by atoms with E-state index in [1.807, 2.05) is 56.3 Å². The number of esters is 1. The lowest BCUT2D eigenvalue weighted by Gasteiger charge is -2.25. The molecule has 0 radical (unpaired) electrons. The van der Waals surface area contributed by atoms with Gasteiger partial charge in [0.15, 0.2) is 0 Å². The van der Waals surface area contributed by atoms with Gasteiger partial charge in [-0.1, -0.05) is 23.4 Å². The Labute approximate surface area is 183 Å². The fourth-order valence-corrected chi connectivity index (χ4v) is 3.86. The van der Waals surface area contributed by atoms with Crippen molar-refractivity contribution in [2.75, 3.05) is 25.2 Å². The average molecular weight is 423 g/mol. The number of rotatable bonds is 8. The summed E-state index contributed by atoms with van der Waals surface area (Å²) >= 11 is 0. The summed E-state index contributed by atoms with van der Waals surface area (Å²) in [4.78, 5) is 31.5. The Bertz CT molecular complexity index is 937. The van der Waals surface area contributed by atoms with Gasteiger partial charge in [0.1, 0.15) is 6.61 Å². The maximum absolute atomic E-state index is 13.1. The van der Waals surface area contributed by atoms with Crippen molar-refractivity contribution in [3.05, 3.63) is 64.7 Å². The van der Waals surface area contributed by atoms with Gasteiger partial charge in [-0.25, -0.2) is 0 Å². The van der Waals surface area contributed by atoms with Crippen LogP contribution in [0.5, 0.6) is 0 Å². The van der Waals surface area contributed by atoms with E-state index >= 15 is 0 Å². The number of fused-ring (bicyclic) bond motifs is 1. The second-order valence-corrected chi connectivity index (χ2v) is 7.71. The molecule has 0 N–H and O–H groups in total. The third-order valence-electron chi connectivity index (χ3n) is 5.53. The molecule has 1 atom stereocenters. The summed E-state index contributed by atoms with van der Waals surface area (Å²) in [5, 5.41) is 3.86. The van der Waals surface area contributed by atoms with Gasteiger partial charge in [0.05, 0.1) is 12.8 Å². The summed E-state index contributed by atoms with van der Waals surface area (Å²) < 4.78 is 5.10. The predicted molar refractivity (Wildman–Crippen MR) is 122 cm³/mol. The second kappa shape index (κ2) is 10.8. The number of carbonyl (C=O) groups excluding carboxylic acids is 2. The number of hydrogen-bond acceptors (Lipinski definition) is 5. The molecule has 0 aromatic heterocycles. The highest BCUT2D eigenvalue weighted by Gasteiger charge is 2.23. The van der Waals surface area contributed by atoms with E-state index in [1.165, 1.54) is 5.56 Å². The fourth-order valence-electron chi connectivity index (χ4n) is 3.86. The number of anilines is 1. The van der Waals surface area contributed by atoms with Crippen LogP contribution in [0, 0.1) is 5.92 Å².